The molecule has 0 saturated heterocycles. The van der Waals surface area contributed by atoms with Gasteiger partial charge in [-0.3, -0.25) is 14.9 Å². The van der Waals surface area contributed by atoms with Crippen molar-refractivity contribution in [3.05, 3.63) is 93.0 Å². The number of nitrogens with one attached hydrogen (secondary N) is 1. The van der Waals surface area contributed by atoms with E-state index >= 15 is 0 Å². The summed E-state index contributed by atoms with van der Waals surface area (Å²) in [4.78, 5) is 23.8. The molecular formula is C23H21ClN2O5. The number of hydrogen-bond acceptors (Lipinski definition) is 6. The molecule has 0 aliphatic rings. The van der Waals surface area contributed by atoms with Gasteiger partial charge in [-0.1, -0.05) is 29.8 Å². The molecule has 0 aromatic heterocycles. The Bertz CT molecular complexity index is 1100. The summed E-state index contributed by atoms with van der Waals surface area (Å²) in [6.45, 7) is 0. The van der Waals surface area contributed by atoms with E-state index in [-0.39, 0.29) is 17.9 Å². The number of non-ortho nitro benzene ring substituents is 1. The number of nitrogens with zero attached hydrogens (tertiary/aromatic N) is 1. The van der Waals surface area contributed by atoms with Crippen LogP contribution in [0.1, 0.15) is 28.4 Å². The molecule has 7 nitrogen and oxygen atoms in total. The molecule has 31 heavy (non-hydrogen) atoms. The van der Waals surface area contributed by atoms with Crippen LogP contribution in [0.15, 0.2) is 66.7 Å². The predicted octanol–water partition coefficient (Wildman–Crippen LogP) is 5.69. The number of rotatable bonds is 9. The second kappa shape index (κ2) is 9.95. The Morgan fingerprint density at radius 2 is 1.77 bits per heavy atom. The number of hydrogen-bond donors (Lipinski definition) is 1. The maximum Gasteiger partial charge on any atom is 0.269 e. The van der Waals surface area contributed by atoms with Crippen molar-refractivity contribution in [1.82, 2.24) is 0 Å². The zero-order valence-electron chi connectivity index (χ0n) is 17.0. The normalized spacial score (nSPS) is 11.5. The van der Waals surface area contributed by atoms with E-state index in [0.29, 0.717) is 33.3 Å². The van der Waals surface area contributed by atoms with Gasteiger partial charge in [0, 0.05) is 34.8 Å². The van der Waals surface area contributed by atoms with Crippen LogP contribution in [0.25, 0.3) is 0 Å². The van der Waals surface area contributed by atoms with Gasteiger partial charge in [-0.25, -0.2) is 0 Å². The second-order valence-corrected chi connectivity index (χ2v) is 7.19. The first kappa shape index (κ1) is 22.1. The number of ketones is 1. The summed E-state index contributed by atoms with van der Waals surface area (Å²) < 4.78 is 10.5. The van der Waals surface area contributed by atoms with Crippen molar-refractivity contribution in [2.24, 2.45) is 0 Å². The highest BCUT2D eigenvalue weighted by atomic mass is 35.5. The summed E-state index contributed by atoms with van der Waals surface area (Å²) in [6.07, 6.45) is 0.0587. The minimum absolute atomic E-state index is 0.0473. The van der Waals surface area contributed by atoms with E-state index in [1.165, 1.54) is 26.4 Å². The van der Waals surface area contributed by atoms with Gasteiger partial charge in [0.05, 0.1) is 25.2 Å². The van der Waals surface area contributed by atoms with Gasteiger partial charge in [0.1, 0.15) is 0 Å². The van der Waals surface area contributed by atoms with Crippen LogP contribution >= 0.6 is 11.6 Å². The van der Waals surface area contributed by atoms with E-state index < -0.39 is 11.0 Å². The fraction of sp³-hybridized carbons (Fsp3) is 0.174. The molecule has 0 amide bonds. The summed E-state index contributed by atoms with van der Waals surface area (Å²) in [5, 5.41) is 15.0. The average Bonchev–Trinajstić information content (AvgIpc) is 2.78. The van der Waals surface area contributed by atoms with Crippen molar-refractivity contribution in [1.29, 1.82) is 0 Å². The lowest BCUT2D eigenvalue weighted by Crippen LogP contribution is -2.16. The minimum Gasteiger partial charge on any atom is -0.493 e. The molecule has 3 rings (SSSR count). The molecule has 0 aliphatic carbocycles. The third kappa shape index (κ3) is 5.52. The highest BCUT2D eigenvalue weighted by molar-refractivity contribution is 6.30. The standard InChI is InChI=1S/C23H21ClN2O5/c1-30-22-10-9-16(12-23(22)31-2)21(27)14-20(25-18-7-4-6-17(24)13-18)15-5-3-8-19(11-15)26(28)29/h3-13,20,25H,14H2,1-2H3. The number of nitro benzene ring substituents is 1. The van der Waals surface area contributed by atoms with Gasteiger partial charge >= 0.3 is 0 Å². The van der Waals surface area contributed by atoms with Gasteiger partial charge in [-0.2, -0.15) is 0 Å². The highest BCUT2D eigenvalue weighted by Gasteiger charge is 2.21. The summed E-state index contributed by atoms with van der Waals surface area (Å²) in [5.74, 6) is 0.807. The quantitative estimate of drug-likeness (QED) is 0.261. The lowest BCUT2D eigenvalue weighted by Gasteiger charge is -2.20. The molecule has 0 heterocycles. The molecule has 0 spiro atoms. The van der Waals surface area contributed by atoms with Crippen LogP contribution in [-0.4, -0.2) is 24.9 Å². The van der Waals surface area contributed by atoms with Crippen molar-refractivity contribution < 1.29 is 19.2 Å². The summed E-state index contributed by atoms with van der Waals surface area (Å²) in [5.41, 5.74) is 1.71. The Hall–Kier alpha value is -3.58. The van der Waals surface area contributed by atoms with Crippen molar-refractivity contribution in [2.75, 3.05) is 19.5 Å². The summed E-state index contributed by atoms with van der Waals surface area (Å²) in [7, 11) is 3.02. The molecule has 3 aromatic rings. The Labute approximate surface area is 184 Å². The first-order chi connectivity index (χ1) is 14.9. The maximum atomic E-state index is 13.1. The zero-order valence-corrected chi connectivity index (χ0v) is 17.8. The molecule has 0 bridgehead atoms. The van der Waals surface area contributed by atoms with Crippen molar-refractivity contribution >= 4 is 28.8 Å². The largest absolute Gasteiger partial charge is 0.493 e. The Morgan fingerprint density at radius 3 is 2.45 bits per heavy atom. The van der Waals surface area contributed by atoms with Crippen LogP contribution in [0.2, 0.25) is 5.02 Å². The van der Waals surface area contributed by atoms with Gasteiger partial charge in [0.15, 0.2) is 17.3 Å². The molecule has 160 valence electrons. The van der Waals surface area contributed by atoms with Crippen LogP contribution in [0.5, 0.6) is 11.5 Å². The molecule has 1 N–H and O–H groups in total. The summed E-state index contributed by atoms with van der Waals surface area (Å²) >= 11 is 6.08. The first-order valence-electron chi connectivity index (χ1n) is 9.43. The van der Waals surface area contributed by atoms with Crippen molar-refractivity contribution in [2.45, 2.75) is 12.5 Å². The molecular weight excluding hydrogens is 420 g/mol. The molecule has 0 saturated carbocycles. The average molecular weight is 441 g/mol. The lowest BCUT2D eigenvalue weighted by molar-refractivity contribution is -0.384. The molecule has 3 aromatic carbocycles. The van der Waals surface area contributed by atoms with E-state index in [0.717, 1.165) is 0 Å². The fourth-order valence-electron chi connectivity index (χ4n) is 3.20. The Kier molecular flexibility index (Phi) is 7.10. The number of carbonyl (C=O) groups excluding carboxylic acids is 1. The number of carbonyl (C=O) groups is 1. The topological polar surface area (TPSA) is 90.7 Å². The van der Waals surface area contributed by atoms with Gasteiger partial charge in [0.2, 0.25) is 0 Å². The number of anilines is 1. The number of halogens is 1. The van der Waals surface area contributed by atoms with Gasteiger partial charge in [-0.05, 0) is 42.0 Å². The van der Waals surface area contributed by atoms with Crippen molar-refractivity contribution in [3.63, 3.8) is 0 Å². The molecule has 1 atom stereocenters. The van der Waals surface area contributed by atoms with E-state index in [1.807, 2.05) is 6.07 Å². The van der Waals surface area contributed by atoms with Gasteiger partial charge in [0.25, 0.3) is 5.69 Å². The van der Waals surface area contributed by atoms with Crippen molar-refractivity contribution in [3.8, 4) is 11.5 Å². The number of benzene rings is 3. The molecule has 0 aliphatic heterocycles. The van der Waals surface area contributed by atoms with Crippen LogP contribution in [0, 0.1) is 10.1 Å². The molecule has 0 radical (unpaired) electrons. The molecule has 1 unspecified atom stereocenters. The van der Waals surface area contributed by atoms with Crippen LogP contribution < -0.4 is 14.8 Å². The van der Waals surface area contributed by atoms with E-state index in [2.05, 4.69) is 5.32 Å². The summed E-state index contributed by atoms with van der Waals surface area (Å²) in [6, 6.07) is 17.7. The first-order valence-corrected chi connectivity index (χ1v) is 9.80. The van der Waals surface area contributed by atoms with Crippen LogP contribution in [0.4, 0.5) is 11.4 Å². The van der Waals surface area contributed by atoms with Gasteiger partial charge in [-0.15, -0.1) is 0 Å². The fourth-order valence-corrected chi connectivity index (χ4v) is 3.39. The minimum atomic E-state index is -0.515. The maximum absolute atomic E-state index is 13.1. The number of ether oxygens (including phenoxy) is 2. The highest BCUT2D eigenvalue weighted by Crippen LogP contribution is 2.31. The Morgan fingerprint density at radius 1 is 1.03 bits per heavy atom. The third-order valence-corrected chi connectivity index (χ3v) is 4.98. The van der Waals surface area contributed by atoms with E-state index in [4.69, 9.17) is 21.1 Å². The number of Topliss-reactive ketones (excluding diaryl/α,β-unsaturated/α-hetero) is 1. The van der Waals surface area contributed by atoms with Crippen LogP contribution in [0.3, 0.4) is 0 Å². The monoisotopic (exact) mass is 440 g/mol. The number of methoxy groups -OCH3 is 2. The van der Waals surface area contributed by atoms with E-state index in [1.54, 1.807) is 48.5 Å². The van der Waals surface area contributed by atoms with Gasteiger partial charge < -0.3 is 14.8 Å². The molecule has 0 fully saturated rings. The second-order valence-electron chi connectivity index (χ2n) is 6.76. The predicted molar refractivity (Wildman–Crippen MR) is 119 cm³/mol. The SMILES string of the molecule is COc1ccc(C(=O)CC(Nc2cccc(Cl)c2)c2cccc([N+](=O)[O-])c2)cc1OC. The zero-order chi connectivity index (χ0) is 22.4. The number of nitro groups is 1. The molecule has 8 heteroatoms. The van der Waals surface area contributed by atoms with Crippen LogP contribution in [-0.2, 0) is 0 Å². The lowest BCUT2D eigenvalue weighted by atomic mass is 9.97. The third-order valence-electron chi connectivity index (χ3n) is 4.74. The Balaban J connectivity index is 1.93. The smallest absolute Gasteiger partial charge is 0.269 e. The van der Waals surface area contributed by atoms with E-state index in [9.17, 15) is 14.9 Å².